The number of fused-ring (bicyclic) bond motifs is 1. The SMILES string of the molecule is Cc1cc2c(cc1S(=O)(=O)N1CCC(C(=O)Nc3ccccc3F)CC1)OC(C)C(=O)N2. The summed E-state index contributed by atoms with van der Waals surface area (Å²) >= 11 is 0. The minimum atomic E-state index is -3.82. The van der Waals surface area contributed by atoms with E-state index in [9.17, 15) is 22.4 Å². The van der Waals surface area contributed by atoms with Crippen LogP contribution in [0.3, 0.4) is 0 Å². The normalized spacial score (nSPS) is 19.6. The van der Waals surface area contributed by atoms with Crippen molar-refractivity contribution in [3.05, 3.63) is 47.8 Å². The van der Waals surface area contributed by atoms with Crippen molar-refractivity contribution in [2.75, 3.05) is 23.7 Å². The maximum absolute atomic E-state index is 13.8. The molecule has 0 aliphatic carbocycles. The smallest absolute Gasteiger partial charge is 0.265 e. The molecule has 0 aromatic heterocycles. The van der Waals surface area contributed by atoms with Gasteiger partial charge in [-0.2, -0.15) is 4.31 Å². The number of carbonyl (C=O) groups excluding carboxylic acids is 2. The van der Waals surface area contributed by atoms with Crippen LogP contribution in [0, 0.1) is 18.7 Å². The van der Waals surface area contributed by atoms with Gasteiger partial charge in [0.15, 0.2) is 6.10 Å². The Bertz CT molecular complexity index is 1180. The number of para-hydroxylation sites is 1. The zero-order chi connectivity index (χ0) is 23.0. The van der Waals surface area contributed by atoms with Crippen LogP contribution >= 0.6 is 0 Å². The van der Waals surface area contributed by atoms with Crippen LogP contribution in [0.2, 0.25) is 0 Å². The molecule has 1 saturated heterocycles. The summed E-state index contributed by atoms with van der Waals surface area (Å²) in [5.41, 5.74) is 1.04. The third-order valence-corrected chi connectivity index (χ3v) is 7.82. The molecule has 2 heterocycles. The molecule has 2 aromatic rings. The zero-order valence-corrected chi connectivity index (χ0v) is 18.5. The number of piperidine rings is 1. The predicted molar refractivity (Wildman–Crippen MR) is 116 cm³/mol. The molecule has 8 nitrogen and oxygen atoms in total. The monoisotopic (exact) mass is 461 g/mol. The standard InChI is InChI=1S/C22H24FN3O5S/c1-13-11-18-19(31-14(2)21(27)25-18)12-20(13)32(29,30)26-9-7-15(8-10-26)22(28)24-17-6-4-3-5-16(17)23/h3-6,11-12,14-15H,7-10H2,1-2H3,(H,24,28)(H,25,27). The van der Waals surface area contributed by atoms with Crippen molar-refractivity contribution >= 4 is 33.2 Å². The largest absolute Gasteiger partial charge is 0.479 e. The Balaban J connectivity index is 1.46. The van der Waals surface area contributed by atoms with Gasteiger partial charge >= 0.3 is 0 Å². The summed E-state index contributed by atoms with van der Waals surface area (Å²) in [6.45, 7) is 3.58. The molecule has 2 aliphatic heterocycles. The van der Waals surface area contributed by atoms with E-state index >= 15 is 0 Å². The second kappa shape index (κ2) is 8.51. The van der Waals surface area contributed by atoms with Crippen molar-refractivity contribution in [1.29, 1.82) is 0 Å². The van der Waals surface area contributed by atoms with Crippen molar-refractivity contribution < 1.29 is 27.1 Å². The van der Waals surface area contributed by atoms with E-state index in [0.29, 0.717) is 29.8 Å². The number of aryl methyl sites for hydroxylation is 1. The van der Waals surface area contributed by atoms with Gasteiger partial charge < -0.3 is 15.4 Å². The highest BCUT2D eigenvalue weighted by atomic mass is 32.2. The second-order valence-corrected chi connectivity index (χ2v) is 9.92. The van der Waals surface area contributed by atoms with E-state index in [1.54, 1.807) is 26.0 Å². The lowest BCUT2D eigenvalue weighted by atomic mass is 9.97. The van der Waals surface area contributed by atoms with E-state index in [-0.39, 0.29) is 35.5 Å². The highest BCUT2D eigenvalue weighted by Crippen LogP contribution is 2.36. The summed E-state index contributed by atoms with van der Waals surface area (Å²) < 4.78 is 47.3. The van der Waals surface area contributed by atoms with Crippen molar-refractivity contribution in [3.63, 3.8) is 0 Å². The average molecular weight is 462 g/mol. The van der Waals surface area contributed by atoms with Gasteiger partial charge in [-0.15, -0.1) is 0 Å². The topological polar surface area (TPSA) is 105 Å². The van der Waals surface area contributed by atoms with Crippen LogP contribution in [0.1, 0.15) is 25.3 Å². The van der Waals surface area contributed by atoms with Gasteiger partial charge in [-0.1, -0.05) is 12.1 Å². The fourth-order valence-corrected chi connectivity index (χ4v) is 5.61. The number of sulfonamides is 1. The minimum Gasteiger partial charge on any atom is -0.479 e. The Kier molecular flexibility index (Phi) is 5.91. The van der Waals surface area contributed by atoms with Gasteiger partial charge in [0.25, 0.3) is 5.91 Å². The Hall–Kier alpha value is -2.98. The number of anilines is 2. The van der Waals surface area contributed by atoms with Gasteiger partial charge in [-0.05, 0) is 50.5 Å². The van der Waals surface area contributed by atoms with Crippen molar-refractivity contribution in [1.82, 2.24) is 4.31 Å². The number of nitrogens with one attached hydrogen (secondary N) is 2. The van der Waals surface area contributed by atoms with Crippen molar-refractivity contribution in [2.24, 2.45) is 5.92 Å². The van der Waals surface area contributed by atoms with E-state index < -0.39 is 27.9 Å². The molecule has 2 aliphatic rings. The average Bonchev–Trinajstić information content (AvgIpc) is 2.76. The summed E-state index contributed by atoms with van der Waals surface area (Å²) in [4.78, 5) is 24.4. The number of hydrogen-bond donors (Lipinski definition) is 2. The molecule has 32 heavy (non-hydrogen) atoms. The molecule has 10 heteroatoms. The number of amides is 2. The highest BCUT2D eigenvalue weighted by Gasteiger charge is 2.34. The molecule has 1 unspecified atom stereocenters. The first kappa shape index (κ1) is 22.2. The molecular weight excluding hydrogens is 437 g/mol. The van der Waals surface area contributed by atoms with E-state index in [0.717, 1.165) is 0 Å². The number of carbonyl (C=O) groups is 2. The van der Waals surface area contributed by atoms with Gasteiger partial charge in [-0.3, -0.25) is 9.59 Å². The molecule has 1 atom stereocenters. The molecule has 0 radical (unpaired) electrons. The molecular formula is C22H24FN3O5S. The first-order chi connectivity index (χ1) is 15.2. The Morgan fingerprint density at radius 2 is 1.91 bits per heavy atom. The lowest BCUT2D eigenvalue weighted by Crippen LogP contribution is -2.41. The number of ether oxygens (including phenoxy) is 1. The Morgan fingerprint density at radius 1 is 1.22 bits per heavy atom. The van der Waals surface area contributed by atoms with Crippen LogP contribution in [0.15, 0.2) is 41.3 Å². The maximum Gasteiger partial charge on any atom is 0.265 e. The molecule has 0 spiro atoms. The predicted octanol–water partition coefficient (Wildman–Crippen LogP) is 2.89. The van der Waals surface area contributed by atoms with Gasteiger partial charge in [0.1, 0.15) is 11.6 Å². The van der Waals surface area contributed by atoms with E-state index in [1.165, 1.54) is 28.6 Å². The zero-order valence-electron chi connectivity index (χ0n) is 17.7. The lowest BCUT2D eigenvalue weighted by molar-refractivity contribution is -0.123. The third-order valence-electron chi connectivity index (χ3n) is 5.78. The molecule has 0 saturated carbocycles. The van der Waals surface area contributed by atoms with Gasteiger partial charge in [0.05, 0.1) is 16.3 Å². The molecule has 2 N–H and O–H groups in total. The van der Waals surface area contributed by atoms with E-state index in [4.69, 9.17) is 4.74 Å². The van der Waals surface area contributed by atoms with Gasteiger partial charge in [0, 0.05) is 25.1 Å². The summed E-state index contributed by atoms with van der Waals surface area (Å²) in [7, 11) is -3.82. The van der Waals surface area contributed by atoms with Crippen LogP contribution in [0.25, 0.3) is 0 Å². The van der Waals surface area contributed by atoms with Crippen LogP contribution < -0.4 is 15.4 Å². The molecule has 1 fully saturated rings. The van der Waals surface area contributed by atoms with Crippen LogP contribution in [0.4, 0.5) is 15.8 Å². The van der Waals surface area contributed by atoms with Crippen molar-refractivity contribution in [2.45, 2.75) is 37.7 Å². The Labute approximate surface area is 185 Å². The number of halogens is 1. The molecule has 2 aromatic carbocycles. The maximum atomic E-state index is 13.8. The summed E-state index contributed by atoms with van der Waals surface area (Å²) in [5.74, 6) is -1.24. The fraction of sp³-hybridized carbons (Fsp3) is 0.364. The Morgan fingerprint density at radius 3 is 2.59 bits per heavy atom. The number of nitrogens with zero attached hydrogens (tertiary/aromatic N) is 1. The van der Waals surface area contributed by atoms with Crippen molar-refractivity contribution in [3.8, 4) is 5.75 Å². The third kappa shape index (κ3) is 4.20. The molecule has 0 bridgehead atoms. The summed E-state index contributed by atoms with van der Waals surface area (Å²) in [6.07, 6.45) is -0.0651. The fourth-order valence-electron chi connectivity index (χ4n) is 3.92. The first-order valence-corrected chi connectivity index (χ1v) is 11.8. The van der Waals surface area contributed by atoms with Crippen LogP contribution in [0.5, 0.6) is 5.75 Å². The second-order valence-electron chi connectivity index (χ2n) is 8.01. The number of rotatable bonds is 4. The minimum absolute atomic E-state index is 0.105. The van der Waals surface area contributed by atoms with E-state index in [2.05, 4.69) is 10.6 Å². The van der Waals surface area contributed by atoms with Crippen LogP contribution in [-0.2, 0) is 19.6 Å². The first-order valence-electron chi connectivity index (χ1n) is 10.3. The quantitative estimate of drug-likeness (QED) is 0.729. The molecule has 4 rings (SSSR count). The van der Waals surface area contributed by atoms with E-state index in [1.807, 2.05) is 0 Å². The van der Waals surface area contributed by atoms with Gasteiger partial charge in [-0.25, -0.2) is 12.8 Å². The highest BCUT2D eigenvalue weighted by molar-refractivity contribution is 7.89. The van der Waals surface area contributed by atoms with Gasteiger partial charge in [0.2, 0.25) is 15.9 Å². The summed E-state index contributed by atoms with van der Waals surface area (Å²) in [5, 5.41) is 5.29. The number of hydrogen-bond acceptors (Lipinski definition) is 5. The molecule has 2 amide bonds. The molecule has 170 valence electrons. The number of benzene rings is 2. The summed E-state index contributed by atoms with van der Waals surface area (Å²) in [6, 6.07) is 8.94. The van der Waals surface area contributed by atoms with Crippen LogP contribution in [-0.4, -0.2) is 43.7 Å². The lowest BCUT2D eigenvalue weighted by Gasteiger charge is -2.31.